The van der Waals surface area contributed by atoms with E-state index >= 15 is 0 Å². The minimum absolute atomic E-state index is 0.489. The standard InChI is InChI=1S/C11H8BrF11O2/c1-2-25-5(24)4(12)3-6(13)7(14,15)9(18,19)11(22,23)10(20,21)8(6,16)17/h4H,2-3H2,1H3. The predicted octanol–water partition coefficient (Wildman–Crippen LogP) is 4.60. The molecular weight excluding hydrogens is 453 g/mol. The van der Waals surface area contributed by atoms with Gasteiger partial charge >= 0.3 is 35.6 Å². The topological polar surface area (TPSA) is 26.3 Å². The predicted molar refractivity (Wildman–Crippen MR) is 62.5 cm³/mol. The van der Waals surface area contributed by atoms with Crippen molar-refractivity contribution in [2.75, 3.05) is 6.61 Å². The normalized spacial score (nSPS) is 28.8. The molecule has 1 rings (SSSR count). The first-order valence-corrected chi connectivity index (χ1v) is 7.17. The number of carbonyl (C=O) groups excluding carboxylic acids is 1. The Bertz CT molecular complexity index is 518. The minimum Gasteiger partial charge on any atom is -0.465 e. The Labute approximate surface area is 140 Å². The summed E-state index contributed by atoms with van der Waals surface area (Å²) in [5, 5.41) is 0. The van der Waals surface area contributed by atoms with Crippen molar-refractivity contribution in [3.05, 3.63) is 0 Å². The highest BCUT2D eigenvalue weighted by molar-refractivity contribution is 9.10. The van der Waals surface area contributed by atoms with Gasteiger partial charge in [-0.25, -0.2) is 4.39 Å². The van der Waals surface area contributed by atoms with Crippen molar-refractivity contribution in [3.8, 4) is 0 Å². The molecule has 0 N–H and O–H groups in total. The maximum Gasteiger partial charge on any atom is 0.384 e. The summed E-state index contributed by atoms with van der Waals surface area (Å²) < 4.78 is 152. The van der Waals surface area contributed by atoms with Gasteiger partial charge in [0.15, 0.2) is 0 Å². The van der Waals surface area contributed by atoms with Gasteiger partial charge in [0.05, 0.1) is 6.61 Å². The van der Waals surface area contributed by atoms with Crippen LogP contribution in [0.4, 0.5) is 48.3 Å². The van der Waals surface area contributed by atoms with Crippen LogP contribution in [0.5, 0.6) is 0 Å². The molecule has 1 saturated carbocycles. The van der Waals surface area contributed by atoms with Gasteiger partial charge in [0.25, 0.3) is 5.67 Å². The first-order chi connectivity index (χ1) is 10.9. The van der Waals surface area contributed by atoms with Crippen LogP contribution >= 0.6 is 15.9 Å². The molecule has 148 valence electrons. The molecule has 0 aromatic carbocycles. The van der Waals surface area contributed by atoms with E-state index in [9.17, 15) is 53.1 Å². The Morgan fingerprint density at radius 2 is 1.12 bits per heavy atom. The van der Waals surface area contributed by atoms with E-state index in [0.29, 0.717) is 0 Å². The van der Waals surface area contributed by atoms with E-state index in [2.05, 4.69) is 20.7 Å². The van der Waals surface area contributed by atoms with E-state index in [1.54, 1.807) is 0 Å². The molecule has 0 spiro atoms. The van der Waals surface area contributed by atoms with Gasteiger partial charge in [-0.05, 0) is 6.92 Å². The summed E-state index contributed by atoms with van der Waals surface area (Å²) in [6, 6.07) is 0. The Hall–Kier alpha value is -0.820. The minimum atomic E-state index is -7.27. The molecule has 14 heteroatoms. The van der Waals surface area contributed by atoms with Crippen LogP contribution in [0.1, 0.15) is 13.3 Å². The zero-order chi connectivity index (χ0) is 20.3. The molecule has 0 amide bonds. The summed E-state index contributed by atoms with van der Waals surface area (Å²) in [7, 11) is 0. The third-order valence-electron chi connectivity index (χ3n) is 3.58. The first kappa shape index (κ1) is 22.2. The fraction of sp³-hybridized carbons (Fsp3) is 0.909. The summed E-state index contributed by atoms with van der Waals surface area (Å²) in [5.74, 6) is -37.3. The fourth-order valence-electron chi connectivity index (χ4n) is 2.11. The van der Waals surface area contributed by atoms with Gasteiger partial charge in [-0.1, -0.05) is 15.9 Å². The van der Waals surface area contributed by atoms with Crippen LogP contribution < -0.4 is 0 Å². The largest absolute Gasteiger partial charge is 0.465 e. The number of ether oxygens (including phenoxy) is 1. The molecule has 1 aliphatic rings. The van der Waals surface area contributed by atoms with Crippen molar-refractivity contribution in [1.29, 1.82) is 0 Å². The van der Waals surface area contributed by atoms with Gasteiger partial charge in [-0.15, -0.1) is 0 Å². The van der Waals surface area contributed by atoms with Crippen LogP contribution in [0.15, 0.2) is 0 Å². The molecule has 0 saturated heterocycles. The Balaban J connectivity index is 3.58. The van der Waals surface area contributed by atoms with Gasteiger partial charge in [0.2, 0.25) is 0 Å². The fourth-order valence-corrected chi connectivity index (χ4v) is 2.68. The molecule has 0 aromatic heterocycles. The molecule has 1 atom stereocenters. The van der Waals surface area contributed by atoms with Crippen molar-refractivity contribution in [2.45, 2.75) is 53.5 Å². The van der Waals surface area contributed by atoms with E-state index < -0.39 is 59.1 Å². The van der Waals surface area contributed by atoms with Crippen molar-refractivity contribution in [1.82, 2.24) is 0 Å². The smallest absolute Gasteiger partial charge is 0.384 e. The summed E-state index contributed by atoms with van der Waals surface area (Å²) in [6.07, 6.45) is -2.69. The Morgan fingerprint density at radius 1 is 0.800 bits per heavy atom. The van der Waals surface area contributed by atoms with Crippen LogP contribution in [0.25, 0.3) is 0 Å². The van der Waals surface area contributed by atoms with E-state index in [0.717, 1.165) is 6.92 Å². The monoisotopic (exact) mass is 460 g/mol. The second-order valence-electron chi connectivity index (χ2n) is 5.10. The van der Waals surface area contributed by atoms with E-state index in [1.807, 2.05) is 0 Å². The number of hydrogen-bond acceptors (Lipinski definition) is 2. The summed E-state index contributed by atoms with van der Waals surface area (Å²) in [4.78, 5) is 8.66. The van der Waals surface area contributed by atoms with Crippen molar-refractivity contribution < 1.29 is 57.8 Å². The van der Waals surface area contributed by atoms with E-state index in [-0.39, 0.29) is 0 Å². The van der Waals surface area contributed by atoms with E-state index in [4.69, 9.17) is 0 Å². The Morgan fingerprint density at radius 3 is 1.44 bits per heavy atom. The van der Waals surface area contributed by atoms with Crippen molar-refractivity contribution in [2.24, 2.45) is 0 Å². The molecule has 1 unspecified atom stereocenters. The van der Waals surface area contributed by atoms with Crippen LogP contribution in [-0.4, -0.2) is 52.7 Å². The zero-order valence-electron chi connectivity index (χ0n) is 11.8. The quantitative estimate of drug-likeness (QED) is 0.348. The lowest BCUT2D eigenvalue weighted by Gasteiger charge is -2.52. The van der Waals surface area contributed by atoms with Gasteiger partial charge < -0.3 is 4.74 Å². The molecule has 0 aromatic rings. The molecular formula is C11H8BrF11O2. The maximum absolute atomic E-state index is 14.3. The van der Waals surface area contributed by atoms with Crippen LogP contribution in [0, 0.1) is 0 Å². The average molecular weight is 461 g/mol. The molecule has 0 heterocycles. The molecule has 25 heavy (non-hydrogen) atoms. The number of halogens is 12. The third kappa shape index (κ3) is 2.45. The third-order valence-corrected chi connectivity index (χ3v) is 4.27. The summed E-state index contributed by atoms with van der Waals surface area (Å²) >= 11 is 2.06. The molecule has 1 aliphatic carbocycles. The number of alkyl halides is 12. The lowest BCUT2D eigenvalue weighted by Crippen LogP contribution is -2.84. The zero-order valence-corrected chi connectivity index (χ0v) is 13.4. The number of esters is 1. The second-order valence-corrected chi connectivity index (χ2v) is 6.20. The SMILES string of the molecule is CCOC(=O)C(Br)CC1(F)C(F)(F)C(F)(F)C(F)(F)C(F)(F)C1(F)F. The molecule has 0 bridgehead atoms. The Kier molecular flexibility index (Phi) is 5.19. The van der Waals surface area contributed by atoms with Gasteiger partial charge in [-0.2, -0.15) is 43.9 Å². The summed E-state index contributed by atoms with van der Waals surface area (Å²) in [6.45, 7) is 0.646. The second kappa shape index (κ2) is 5.84. The first-order valence-electron chi connectivity index (χ1n) is 6.25. The van der Waals surface area contributed by atoms with Crippen molar-refractivity contribution in [3.63, 3.8) is 0 Å². The van der Waals surface area contributed by atoms with Crippen molar-refractivity contribution >= 4 is 21.9 Å². The highest BCUT2D eigenvalue weighted by atomic mass is 79.9. The number of rotatable bonds is 4. The molecule has 0 radical (unpaired) electrons. The molecule has 0 aliphatic heterocycles. The summed E-state index contributed by atoms with van der Waals surface area (Å²) in [5.41, 5.74) is -6.20. The number of hydrogen-bond donors (Lipinski definition) is 0. The highest BCUT2D eigenvalue weighted by Crippen LogP contribution is 2.70. The highest BCUT2D eigenvalue weighted by Gasteiger charge is 3.00. The average Bonchev–Trinajstić information content (AvgIpc) is 2.44. The van der Waals surface area contributed by atoms with Crippen LogP contribution in [0.2, 0.25) is 0 Å². The van der Waals surface area contributed by atoms with Gasteiger partial charge in [0, 0.05) is 6.42 Å². The lowest BCUT2D eigenvalue weighted by atomic mass is 9.70. The lowest BCUT2D eigenvalue weighted by molar-refractivity contribution is -0.485. The van der Waals surface area contributed by atoms with Gasteiger partial charge in [0.1, 0.15) is 4.83 Å². The van der Waals surface area contributed by atoms with Crippen LogP contribution in [-0.2, 0) is 9.53 Å². The van der Waals surface area contributed by atoms with Gasteiger partial charge in [-0.3, -0.25) is 4.79 Å². The molecule has 2 nitrogen and oxygen atoms in total. The van der Waals surface area contributed by atoms with E-state index in [1.165, 1.54) is 0 Å². The maximum atomic E-state index is 14.3. The number of carbonyl (C=O) groups is 1. The molecule has 1 fully saturated rings. The van der Waals surface area contributed by atoms with Crippen LogP contribution in [0.3, 0.4) is 0 Å².